The Morgan fingerprint density at radius 1 is 0.742 bits per heavy atom. The topological polar surface area (TPSA) is 66.6 Å². The van der Waals surface area contributed by atoms with Crippen molar-refractivity contribution in [3.8, 4) is 23.7 Å². The lowest BCUT2D eigenvalue weighted by molar-refractivity contribution is -0.140. The molecule has 0 aliphatic heterocycles. The fraction of sp³-hybridized carbons (Fsp3) is 0.815. The van der Waals surface area contributed by atoms with Crippen LogP contribution in [0.5, 0.6) is 0 Å². The second kappa shape index (κ2) is 23.2. The summed E-state index contributed by atoms with van der Waals surface area (Å²) >= 11 is 0. The Labute approximate surface area is 192 Å². The summed E-state index contributed by atoms with van der Waals surface area (Å²) in [6.07, 6.45) is 21.4. The number of carbonyl (C=O) groups is 1. The second-order valence-corrected chi connectivity index (χ2v) is 8.59. The zero-order valence-electron chi connectivity index (χ0n) is 20.4. The van der Waals surface area contributed by atoms with Crippen molar-refractivity contribution in [1.82, 2.24) is 5.01 Å². The highest BCUT2D eigenvalue weighted by atomic mass is 16.3. The van der Waals surface area contributed by atoms with E-state index >= 15 is 0 Å². The highest BCUT2D eigenvalue weighted by molar-refractivity contribution is 5.75. The van der Waals surface area contributed by atoms with Crippen molar-refractivity contribution >= 4 is 5.91 Å². The first-order valence-electron chi connectivity index (χ1n) is 12.8. The first-order valence-corrected chi connectivity index (χ1v) is 12.8. The Kier molecular flexibility index (Phi) is 22.1. The third-order valence-electron chi connectivity index (χ3n) is 5.53. The molecule has 4 heteroatoms. The number of hydrogen-bond donors (Lipinski definition) is 2. The third-order valence-corrected chi connectivity index (χ3v) is 5.53. The molecular formula is C27H48N2O2. The van der Waals surface area contributed by atoms with Gasteiger partial charge in [-0.1, -0.05) is 102 Å². The van der Waals surface area contributed by atoms with E-state index < -0.39 is 6.23 Å². The molecule has 0 radical (unpaired) electrons. The van der Waals surface area contributed by atoms with Crippen molar-refractivity contribution in [2.24, 2.45) is 5.84 Å². The first-order chi connectivity index (χ1) is 15.1. The van der Waals surface area contributed by atoms with Gasteiger partial charge in [0.15, 0.2) is 0 Å². The van der Waals surface area contributed by atoms with Gasteiger partial charge in [-0.25, -0.2) is 5.84 Å². The van der Waals surface area contributed by atoms with Crippen LogP contribution in [0.25, 0.3) is 0 Å². The van der Waals surface area contributed by atoms with E-state index in [-0.39, 0.29) is 5.91 Å². The summed E-state index contributed by atoms with van der Waals surface area (Å²) in [5, 5.41) is 10.1. The number of nitrogens with two attached hydrogens (primary N) is 1. The second-order valence-electron chi connectivity index (χ2n) is 8.59. The molecule has 1 atom stereocenters. The van der Waals surface area contributed by atoms with Gasteiger partial charge in [-0.2, -0.15) is 0 Å². The van der Waals surface area contributed by atoms with Gasteiger partial charge in [0.2, 0.25) is 5.91 Å². The van der Waals surface area contributed by atoms with Crippen LogP contribution in [0, 0.1) is 23.7 Å². The summed E-state index contributed by atoms with van der Waals surface area (Å²) in [5.41, 5.74) is 0. The van der Waals surface area contributed by atoms with Crippen LogP contribution in [-0.2, 0) is 4.79 Å². The molecule has 0 aromatic rings. The lowest BCUT2D eigenvalue weighted by Crippen LogP contribution is -2.43. The third kappa shape index (κ3) is 21.5. The van der Waals surface area contributed by atoms with Crippen LogP contribution in [0.3, 0.4) is 0 Å². The van der Waals surface area contributed by atoms with E-state index in [1.165, 1.54) is 84.0 Å². The number of hydrazine groups is 1. The lowest BCUT2D eigenvalue weighted by Gasteiger charge is -2.19. The number of unbranched alkanes of at least 4 members (excludes halogenated alkanes) is 16. The first kappa shape index (κ1) is 29.5. The van der Waals surface area contributed by atoms with E-state index in [4.69, 9.17) is 5.84 Å². The predicted molar refractivity (Wildman–Crippen MR) is 132 cm³/mol. The van der Waals surface area contributed by atoms with Crippen molar-refractivity contribution in [1.29, 1.82) is 0 Å². The molecule has 0 aliphatic rings. The van der Waals surface area contributed by atoms with Crippen molar-refractivity contribution < 1.29 is 9.90 Å². The molecule has 0 rings (SSSR count). The minimum Gasteiger partial charge on any atom is -0.372 e. The molecule has 0 saturated carbocycles. The van der Waals surface area contributed by atoms with Crippen LogP contribution in [0.4, 0.5) is 0 Å². The molecule has 178 valence electrons. The molecule has 3 N–H and O–H groups in total. The number of hydrogen-bond acceptors (Lipinski definition) is 3. The number of aliphatic hydroxyl groups excluding tert-OH is 1. The molecule has 0 heterocycles. The van der Waals surface area contributed by atoms with Crippen LogP contribution in [0.15, 0.2) is 0 Å². The summed E-state index contributed by atoms with van der Waals surface area (Å²) in [4.78, 5) is 11.6. The molecule has 0 saturated heterocycles. The number of rotatable bonds is 19. The molecular weight excluding hydrogens is 384 g/mol. The number of amides is 1. The van der Waals surface area contributed by atoms with Gasteiger partial charge in [0, 0.05) is 19.3 Å². The summed E-state index contributed by atoms with van der Waals surface area (Å²) in [7, 11) is 0. The van der Waals surface area contributed by atoms with E-state index in [1.54, 1.807) is 0 Å². The zero-order chi connectivity index (χ0) is 23.0. The van der Waals surface area contributed by atoms with E-state index in [0.29, 0.717) is 6.42 Å². The normalized spacial score (nSPS) is 11.2. The SMILES string of the molecule is CCCCCCCCCCCCC#CC#CCCCCCCCCC(=O)N(N)C(C)O. The van der Waals surface area contributed by atoms with Gasteiger partial charge in [0.25, 0.3) is 0 Å². The van der Waals surface area contributed by atoms with E-state index in [0.717, 1.165) is 43.5 Å². The van der Waals surface area contributed by atoms with Crippen molar-refractivity contribution in [3.63, 3.8) is 0 Å². The maximum atomic E-state index is 11.6. The molecule has 0 spiro atoms. The Morgan fingerprint density at radius 2 is 1.13 bits per heavy atom. The summed E-state index contributed by atoms with van der Waals surface area (Å²) in [6.45, 7) is 3.76. The molecule has 0 aromatic heterocycles. The smallest absolute Gasteiger partial charge is 0.238 e. The lowest BCUT2D eigenvalue weighted by atomic mass is 10.1. The quantitative estimate of drug-likeness (QED) is 0.0614. The number of aliphatic hydroxyl groups is 1. The van der Waals surface area contributed by atoms with E-state index in [1.807, 2.05) is 0 Å². The van der Waals surface area contributed by atoms with E-state index in [2.05, 4.69) is 30.6 Å². The van der Waals surface area contributed by atoms with Crippen LogP contribution in [0.1, 0.15) is 136 Å². The molecule has 1 amide bonds. The summed E-state index contributed by atoms with van der Waals surface area (Å²) in [6, 6.07) is 0. The molecule has 1 unspecified atom stereocenters. The largest absolute Gasteiger partial charge is 0.372 e. The maximum Gasteiger partial charge on any atom is 0.238 e. The molecule has 4 nitrogen and oxygen atoms in total. The average molecular weight is 433 g/mol. The molecule has 0 aromatic carbocycles. The fourth-order valence-corrected chi connectivity index (χ4v) is 3.45. The van der Waals surface area contributed by atoms with Gasteiger partial charge < -0.3 is 5.11 Å². The van der Waals surface area contributed by atoms with Crippen LogP contribution < -0.4 is 5.84 Å². The van der Waals surface area contributed by atoms with Gasteiger partial charge in [0.1, 0.15) is 6.23 Å². The van der Waals surface area contributed by atoms with Crippen LogP contribution >= 0.6 is 0 Å². The van der Waals surface area contributed by atoms with Gasteiger partial charge >= 0.3 is 0 Å². The molecule has 0 fully saturated rings. The van der Waals surface area contributed by atoms with Crippen molar-refractivity contribution in [2.75, 3.05) is 0 Å². The fourth-order valence-electron chi connectivity index (χ4n) is 3.45. The van der Waals surface area contributed by atoms with Crippen molar-refractivity contribution in [3.05, 3.63) is 0 Å². The number of carbonyl (C=O) groups excluding carboxylic acids is 1. The Morgan fingerprint density at radius 3 is 1.55 bits per heavy atom. The Hall–Kier alpha value is -1.49. The molecule has 31 heavy (non-hydrogen) atoms. The highest BCUT2D eigenvalue weighted by Crippen LogP contribution is 2.11. The Bertz CT molecular complexity index is 537. The molecule has 0 bridgehead atoms. The van der Waals surface area contributed by atoms with Gasteiger partial charge in [-0.3, -0.25) is 9.80 Å². The minimum atomic E-state index is -0.919. The minimum absolute atomic E-state index is 0.195. The highest BCUT2D eigenvalue weighted by Gasteiger charge is 2.12. The zero-order valence-corrected chi connectivity index (χ0v) is 20.4. The van der Waals surface area contributed by atoms with Crippen molar-refractivity contribution in [2.45, 2.75) is 142 Å². The standard InChI is InChI=1S/C27H48N2O2/c1-3-4-5-6-7-8-9-10-11-12-13-14-15-16-17-18-19-20-21-22-23-24-25-27(31)29(28)26(2)30/h26,30H,3-13,18-25,28H2,1-2H3. The van der Waals surface area contributed by atoms with Crippen LogP contribution in [-0.4, -0.2) is 22.3 Å². The number of nitrogens with zero attached hydrogens (tertiary/aromatic N) is 1. The Balaban J connectivity index is 3.36. The summed E-state index contributed by atoms with van der Waals surface area (Å²) < 4.78 is 0. The summed E-state index contributed by atoms with van der Waals surface area (Å²) in [5.74, 6) is 17.6. The van der Waals surface area contributed by atoms with Gasteiger partial charge in [-0.15, -0.1) is 0 Å². The predicted octanol–water partition coefficient (Wildman–Crippen LogP) is 6.47. The molecule has 0 aliphatic carbocycles. The maximum absolute atomic E-state index is 11.6. The monoisotopic (exact) mass is 432 g/mol. The average Bonchev–Trinajstić information content (AvgIpc) is 2.76. The van der Waals surface area contributed by atoms with Gasteiger partial charge in [0.05, 0.1) is 0 Å². The van der Waals surface area contributed by atoms with Crippen LogP contribution in [0.2, 0.25) is 0 Å². The van der Waals surface area contributed by atoms with E-state index in [9.17, 15) is 9.90 Å². The van der Waals surface area contributed by atoms with Gasteiger partial charge in [-0.05, 0) is 38.0 Å².